The molecule has 3 rings (SSSR count). The highest BCUT2D eigenvalue weighted by Crippen LogP contribution is 2.30. The van der Waals surface area contributed by atoms with Gasteiger partial charge in [-0.2, -0.15) is 0 Å². The van der Waals surface area contributed by atoms with Gasteiger partial charge in [-0.3, -0.25) is 9.59 Å². The van der Waals surface area contributed by atoms with E-state index in [0.717, 1.165) is 11.1 Å². The zero-order chi connectivity index (χ0) is 21.7. The van der Waals surface area contributed by atoms with Crippen molar-refractivity contribution in [3.8, 4) is 17.0 Å². The summed E-state index contributed by atoms with van der Waals surface area (Å²) < 4.78 is 19.6. The van der Waals surface area contributed by atoms with Gasteiger partial charge in [-0.1, -0.05) is 42.5 Å². The predicted octanol–water partition coefficient (Wildman–Crippen LogP) is 4.15. The van der Waals surface area contributed by atoms with Crippen LogP contribution in [0.15, 0.2) is 60.7 Å². The van der Waals surface area contributed by atoms with Crippen LogP contribution in [-0.2, 0) is 4.79 Å². The molecule has 0 bridgehead atoms. The van der Waals surface area contributed by atoms with Gasteiger partial charge in [-0.15, -0.1) is 0 Å². The normalized spacial score (nSPS) is 11.6. The number of methoxy groups -OCH3 is 1. The maximum Gasteiger partial charge on any atom is 0.305 e. The Bertz CT molecular complexity index is 1080. The van der Waals surface area contributed by atoms with Crippen LogP contribution >= 0.6 is 0 Å². The predicted molar refractivity (Wildman–Crippen MR) is 110 cm³/mol. The summed E-state index contributed by atoms with van der Waals surface area (Å²) in [4.78, 5) is 28.6. The van der Waals surface area contributed by atoms with Crippen molar-refractivity contribution in [1.29, 1.82) is 0 Å². The summed E-state index contributed by atoms with van der Waals surface area (Å²) in [5.74, 6) is -1.86. The number of pyridine rings is 1. The fraction of sp³-hybridized carbons (Fsp3) is 0.174. The van der Waals surface area contributed by atoms with E-state index in [-0.39, 0.29) is 11.3 Å². The second-order valence-electron chi connectivity index (χ2n) is 6.71. The number of carbonyl (C=O) groups is 2. The lowest BCUT2D eigenvalue weighted by Crippen LogP contribution is -2.31. The quantitative estimate of drug-likeness (QED) is 0.613. The highest BCUT2D eigenvalue weighted by molar-refractivity contribution is 5.94. The van der Waals surface area contributed by atoms with E-state index in [1.165, 1.54) is 31.4 Å². The molecule has 0 aliphatic rings. The van der Waals surface area contributed by atoms with Crippen LogP contribution in [0.4, 0.5) is 4.39 Å². The number of carboxylic acid groups (broad SMARTS) is 1. The van der Waals surface area contributed by atoms with Gasteiger partial charge in [0.05, 0.1) is 19.6 Å². The molecule has 1 atom stereocenters. The Hall–Kier alpha value is -3.74. The van der Waals surface area contributed by atoms with Crippen LogP contribution < -0.4 is 10.1 Å². The van der Waals surface area contributed by atoms with Gasteiger partial charge in [0.15, 0.2) is 0 Å². The van der Waals surface area contributed by atoms with Gasteiger partial charge < -0.3 is 15.2 Å². The molecule has 0 radical (unpaired) electrons. The van der Waals surface area contributed by atoms with Crippen molar-refractivity contribution < 1.29 is 23.8 Å². The molecule has 0 saturated carbocycles. The minimum atomic E-state index is -1.16. The molecule has 0 unspecified atom stereocenters. The van der Waals surface area contributed by atoms with Gasteiger partial charge in [0.25, 0.3) is 5.91 Å². The van der Waals surface area contributed by atoms with Crippen molar-refractivity contribution in [2.45, 2.75) is 19.4 Å². The molecule has 30 heavy (non-hydrogen) atoms. The van der Waals surface area contributed by atoms with E-state index in [9.17, 15) is 19.1 Å². The van der Waals surface area contributed by atoms with Crippen molar-refractivity contribution in [2.24, 2.45) is 0 Å². The standard InChI is InChI=1S/C23H21FN2O4/c1-14-7-3-4-8-15(14)22-20(30-2)12-11-18(25-22)23(29)26-19(13-21(27)28)16-9-5-6-10-17(16)24/h3-12,19H,13H2,1-2H3,(H,26,29)(H,27,28)/t19-/m0/s1. The number of amides is 1. The monoisotopic (exact) mass is 408 g/mol. The SMILES string of the molecule is COc1ccc(C(=O)N[C@@H](CC(=O)O)c2ccccc2F)nc1-c1ccccc1C. The van der Waals surface area contributed by atoms with E-state index in [1.807, 2.05) is 31.2 Å². The second-order valence-corrected chi connectivity index (χ2v) is 6.71. The lowest BCUT2D eigenvalue weighted by Gasteiger charge is -2.18. The molecule has 0 spiro atoms. The van der Waals surface area contributed by atoms with Crippen LogP contribution in [0.1, 0.15) is 34.1 Å². The van der Waals surface area contributed by atoms with Crippen LogP contribution in [-0.4, -0.2) is 29.1 Å². The molecule has 0 saturated heterocycles. The van der Waals surface area contributed by atoms with Crippen LogP contribution in [0.25, 0.3) is 11.3 Å². The largest absolute Gasteiger partial charge is 0.494 e. The number of halogens is 1. The maximum atomic E-state index is 14.2. The summed E-state index contributed by atoms with van der Waals surface area (Å²) in [5.41, 5.74) is 2.42. The smallest absolute Gasteiger partial charge is 0.305 e. The minimum absolute atomic E-state index is 0.0702. The number of ether oxygens (including phenoxy) is 1. The van der Waals surface area contributed by atoms with Crippen LogP contribution in [0.3, 0.4) is 0 Å². The Labute approximate surface area is 173 Å². The van der Waals surface area contributed by atoms with E-state index in [1.54, 1.807) is 12.1 Å². The average Bonchev–Trinajstić information content (AvgIpc) is 2.73. The molecule has 2 N–H and O–H groups in total. The third kappa shape index (κ3) is 4.63. The van der Waals surface area contributed by atoms with Crippen LogP contribution in [0.5, 0.6) is 5.75 Å². The first kappa shape index (κ1) is 21.0. The van der Waals surface area contributed by atoms with E-state index >= 15 is 0 Å². The summed E-state index contributed by atoms with van der Waals surface area (Å²) in [6.07, 6.45) is -0.465. The zero-order valence-corrected chi connectivity index (χ0v) is 16.6. The number of hydrogen-bond acceptors (Lipinski definition) is 4. The first-order chi connectivity index (χ1) is 14.4. The Balaban J connectivity index is 1.96. The Morgan fingerprint density at radius 2 is 1.80 bits per heavy atom. The molecule has 1 aromatic heterocycles. The molecule has 1 heterocycles. The van der Waals surface area contributed by atoms with Crippen molar-refractivity contribution in [3.05, 3.63) is 83.3 Å². The zero-order valence-electron chi connectivity index (χ0n) is 16.6. The Morgan fingerprint density at radius 3 is 2.47 bits per heavy atom. The van der Waals surface area contributed by atoms with Crippen molar-refractivity contribution in [3.63, 3.8) is 0 Å². The minimum Gasteiger partial charge on any atom is -0.494 e. The fourth-order valence-electron chi connectivity index (χ4n) is 3.17. The van der Waals surface area contributed by atoms with E-state index in [0.29, 0.717) is 11.4 Å². The highest BCUT2D eigenvalue weighted by atomic mass is 19.1. The highest BCUT2D eigenvalue weighted by Gasteiger charge is 2.23. The van der Waals surface area contributed by atoms with Crippen molar-refractivity contribution in [1.82, 2.24) is 10.3 Å². The Kier molecular flexibility index (Phi) is 6.41. The van der Waals surface area contributed by atoms with Gasteiger partial charge in [-0.05, 0) is 30.7 Å². The summed E-state index contributed by atoms with van der Waals surface area (Å²) in [6, 6.07) is 15.4. The number of hydrogen-bond donors (Lipinski definition) is 2. The van der Waals surface area contributed by atoms with Crippen LogP contribution in [0.2, 0.25) is 0 Å². The number of carboxylic acids is 1. The third-order valence-electron chi connectivity index (χ3n) is 4.68. The molecule has 3 aromatic rings. The molecular formula is C23H21FN2O4. The van der Waals surface area contributed by atoms with Gasteiger partial charge >= 0.3 is 5.97 Å². The van der Waals surface area contributed by atoms with Crippen LogP contribution in [0, 0.1) is 12.7 Å². The number of nitrogens with zero attached hydrogens (tertiary/aromatic N) is 1. The topological polar surface area (TPSA) is 88.5 Å². The molecule has 2 aromatic carbocycles. The maximum absolute atomic E-state index is 14.2. The number of aromatic nitrogens is 1. The number of aryl methyl sites for hydroxylation is 1. The summed E-state index contributed by atoms with van der Waals surface area (Å²) in [5, 5.41) is 11.8. The first-order valence-corrected chi connectivity index (χ1v) is 9.28. The molecule has 0 aliphatic heterocycles. The molecule has 0 fully saturated rings. The first-order valence-electron chi connectivity index (χ1n) is 9.28. The number of rotatable bonds is 7. The summed E-state index contributed by atoms with van der Waals surface area (Å²) in [6.45, 7) is 1.92. The molecule has 1 amide bonds. The Morgan fingerprint density at radius 1 is 1.10 bits per heavy atom. The summed E-state index contributed by atoms with van der Waals surface area (Å²) >= 11 is 0. The van der Waals surface area contributed by atoms with E-state index in [4.69, 9.17) is 4.74 Å². The number of nitrogens with one attached hydrogen (secondary N) is 1. The third-order valence-corrected chi connectivity index (χ3v) is 4.68. The molecule has 154 valence electrons. The van der Waals surface area contributed by atoms with Gasteiger partial charge in [0.1, 0.15) is 23.0 Å². The molecule has 7 heteroatoms. The van der Waals surface area contributed by atoms with Gasteiger partial charge in [-0.25, -0.2) is 9.37 Å². The fourth-order valence-corrected chi connectivity index (χ4v) is 3.17. The lowest BCUT2D eigenvalue weighted by atomic mass is 10.0. The second kappa shape index (κ2) is 9.17. The number of benzene rings is 2. The number of carbonyl (C=O) groups excluding carboxylic acids is 1. The van der Waals surface area contributed by atoms with Gasteiger partial charge in [0, 0.05) is 11.1 Å². The van der Waals surface area contributed by atoms with E-state index < -0.39 is 30.2 Å². The summed E-state index contributed by atoms with van der Waals surface area (Å²) in [7, 11) is 1.51. The molecular weight excluding hydrogens is 387 g/mol. The molecule has 0 aliphatic carbocycles. The van der Waals surface area contributed by atoms with Gasteiger partial charge in [0.2, 0.25) is 0 Å². The molecule has 6 nitrogen and oxygen atoms in total. The average molecular weight is 408 g/mol. The number of aliphatic carboxylic acids is 1. The van der Waals surface area contributed by atoms with Crippen molar-refractivity contribution in [2.75, 3.05) is 7.11 Å². The lowest BCUT2D eigenvalue weighted by molar-refractivity contribution is -0.137. The van der Waals surface area contributed by atoms with Crippen molar-refractivity contribution >= 4 is 11.9 Å². The van der Waals surface area contributed by atoms with E-state index in [2.05, 4.69) is 10.3 Å².